The minimum atomic E-state index is -0.180. The van der Waals surface area contributed by atoms with Crippen LogP contribution in [0.2, 0.25) is 0 Å². The summed E-state index contributed by atoms with van der Waals surface area (Å²) >= 11 is 2.22. The monoisotopic (exact) mass is 447 g/mol. The van der Waals surface area contributed by atoms with Gasteiger partial charge in [-0.1, -0.05) is 73.7 Å². The van der Waals surface area contributed by atoms with Gasteiger partial charge in [0.05, 0.1) is 0 Å². The van der Waals surface area contributed by atoms with Crippen LogP contribution in [0.1, 0.15) is 47.1 Å². The predicted octanol–water partition coefficient (Wildman–Crippen LogP) is 5.80. The Morgan fingerprint density at radius 2 is 1.43 bits per heavy atom. The summed E-state index contributed by atoms with van der Waals surface area (Å²) in [7, 11) is 6.30. The second-order valence-corrected chi connectivity index (χ2v) is 11.0. The molecule has 1 N–H and O–H groups in total. The first-order chi connectivity index (χ1) is 10.6. The van der Waals surface area contributed by atoms with E-state index in [2.05, 4.69) is 112 Å². The summed E-state index contributed by atoms with van der Waals surface area (Å²) in [5.41, 5.74) is 1.36. The second-order valence-electron chi connectivity index (χ2n) is 7.16. The Morgan fingerprint density at radius 3 is 1.70 bits per heavy atom. The zero-order chi connectivity index (χ0) is 18.7. The Hall–Kier alpha value is 0.172. The molecule has 0 bridgehead atoms. The number of hydrogen-bond acceptors (Lipinski definition) is 1. The number of allylic oxidation sites excluding steroid dienone is 1. The average molecular weight is 448 g/mol. The molecule has 1 aromatic rings. The third kappa shape index (κ3) is 10.6. The number of halogens is 1. The molecule has 0 unspecified atom stereocenters. The van der Waals surface area contributed by atoms with Gasteiger partial charge in [-0.2, -0.15) is 0 Å². The molecule has 0 aliphatic rings. The first-order valence-electron chi connectivity index (χ1n) is 7.64. The molecule has 0 aromatic heterocycles. The van der Waals surface area contributed by atoms with Crippen LogP contribution in [-0.4, -0.2) is 17.4 Å². The molecule has 1 nitrogen and oxygen atoms in total. The van der Waals surface area contributed by atoms with E-state index in [0.29, 0.717) is 10.3 Å². The quantitative estimate of drug-likeness (QED) is 0.350. The van der Waals surface area contributed by atoms with E-state index < -0.39 is 0 Å². The van der Waals surface area contributed by atoms with Gasteiger partial charge >= 0.3 is 27.7 Å². The van der Waals surface area contributed by atoms with Crippen molar-refractivity contribution in [2.45, 2.75) is 58.4 Å². The number of hydrogen-bond donors (Lipinski definition) is 1. The van der Waals surface area contributed by atoms with Gasteiger partial charge in [-0.05, 0) is 28.2 Å². The van der Waals surface area contributed by atoms with E-state index >= 15 is 0 Å². The maximum absolute atomic E-state index is 4.49. The topological polar surface area (TPSA) is 12.0 Å². The second kappa shape index (κ2) is 12.5. The van der Waals surface area contributed by atoms with Crippen molar-refractivity contribution in [1.29, 1.82) is 0 Å². The molecule has 4 heteroatoms. The van der Waals surface area contributed by atoms with Gasteiger partial charge in [-0.3, -0.25) is 0 Å². The molecule has 0 heterocycles. The molecule has 0 saturated heterocycles. The molecule has 0 aliphatic carbocycles. The van der Waals surface area contributed by atoms with Crippen LogP contribution in [0.15, 0.2) is 36.9 Å². The van der Waals surface area contributed by atoms with E-state index in [4.69, 9.17) is 0 Å². The summed E-state index contributed by atoms with van der Waals surface area (Å²) in [6.07, 6.45) is 1.50. The number of benzene rings is 1. The summed E-state index contributed by atoms with van der Waals surface area (Å²) in [5, 5.41) is 5.41. The Bertz CT molecular complexity index is 404. The zero-order valence-electron chi connectivity index (χ0n) is 15.6. The molecule has 0 radical (unpaired) electrons. The molecule has 0 atom stereocenters. The Morgan fingerprint density at radius 1 is 1.09 bits per heavy atom. The summed E-state index contributed by atoms with van der Waals surface area (Å²) in [6.45, 7) is 21.6. The normalized spacial score (nSPS) is 11.1. The van der Waals surface area contributed by atoms with Crippen LogP contribution in [-0.2, 0) is 24.7 Å². The van der Waals surface area contributed by atoms with Gasteiger partial charge in [0, 0.05) is 6.54 Å². The van der Waals surface area contributed by atoms with Crippen molar-refractivity contribution in [3.8, 4) is 0 Å². The van der Waals surface area contributed by atoms with E-state index in [9.17, 15) is 0 Å². The molecule has 1 rings (SSSR count). The van der Waals surface area contributed by atoms with Crippen molar-refractivity contribution < 1.29 is 18.2 Å². The standard InChI is InChI=1S/C16H28NP.C3H5.ClH.Pd/c1-15(2,3)18(16(4,5)6)14-10-8-13(9-11-14)12-17-7;1-3-2;;/h8-11,17H,12H2,1-7H3;3H,1-2H2;1H;/q;-1;;+2/p-1. The molecular formula is C19H33ClNPPd. The zero-order valence-corrected chi connectivity index (χ0v) is 18.9. The van der Waals surface area contributed by atoms with Gasteiger partial charge in [-0.15, -0.1) is 0 Å². The van der Waals surface area contributed by atoms with Crippen LogP contribution in [0.25, 0.3) is 0 Å². The fourth-order valence-electron chi connectivity index (χ4n) is 2.75. The molecule has 0 fully saturated rings. The van der Waals surface area contributed by atoms with E-state index in [1.165, 1.54) is 16.9 Å². The third-order valence-corrected chi connectivity index (χ3v) is 6.41. The molecule has 0 amide bonds. The molecule has 23 heavy (non-hydrogen) atoms. The van der Waals surface area contributed by atoms with E-state index in [1.54, 1.807) is 0 Å². The van der Waals surface area contributed by atoms with Gasteiger partial charge < -0.3 is 5.32 Å². The van der Waals surface area contributed by atoms with Gasteiger partial charge in [0.25, 0.3) is 0 Å². The van der Waals surface area contributed by atoms with Gasteiger partial charge in [0.2, 0.25) is 0 Å². The molecule has 1 aromatic carbocycles. The van der Waals surface area contributed by atoms with Gasteiger partial charge in [0.15, 0.2) is 0 Å². The van der Waals surface area contributed by atoms with Gasteiger partial charge in [0.1, 0.15) is 0 Å². The fraction of sp³-hybridized carbons (Fsp3) is 0.526. The minimum absolute atomic E-state index is 0.180. The first-order valence-corrected chi connectivity index (χ1v) is 11.0. The molecule has 0 saturated carbocycles. The summed E-state index contributed by atoms with van der Waals surface area (Å²) < 4.78 is 0. The van der Waals surface area contributed by atoms with Crippen LogP contribution in [0, 0.1) is 6.92 Å². The van der Waals surface area contributed by atoms with E-state index in [1.807, 2.05) is 7.05 Å². The maximum atomic E-state index is 4.49. The van der Waals surface area contributed by atoms with Crippen molar-refractivity contribution >= 4 is 22.8 Å². The van der Waals surface area contributed by atoms with Crippen LogP contribution in [0.4, 0.5) is 0 Å². The Labute approximate surface area is 160 Å². The summed E-state index contributed by atoms with van der Waals surface area (Å²) in [4.78, 5) is 0. The van der Waals surface area contributed by atoms with Crippen LogP contribution >= 0.6 is 17.5 Å². The van der Waals surface area contributed by atoms with Crippen molar-refractivity contribution in [2.24, 2.45) is 0 Å². The van der Waals surface area contributed by atoms with Crippen molar-refractivity contribution in [3.05, 3.63) is 49.4 Å². The van der Waals surface area contributed by atoms with Crippen molar-refractivity contribution in [3.63, 3.8) is 0 Å². The van der Waals surface area contributed by atoms with Crippen LogP contribution in [0.3, 0.4) is 0 Å². The SMILES string of the molecule is C=C[CH2-].CNCc1ccc(P(C(C)(C)C)C(C)(C)C)cc1.[Cl][Pd+]. The number of nitrogens with one attached hydrogen (secondary N) is 1. The van der Waals surface area contributed by atoms with Gasteiger partial charge in [-0.25, -0.2) is 19.6 Å². The van der Waals surface area contributed by atoms with Crippen LogP contribution < -0.4 is 10.6 Å². The Kier molecular flexibility index (Phi) is 13.8. The predicted molar refractivity (Wildman–Crippen MR) is 107 cm³/mol. The fourth-order valence-corrected chi connectivity index (χ4v) is 6.76. The first kappa shape index (κ1) is 25.4. The molecule has 0 spiro atoms. The molecule has 0 aliphatic heterocycles. The summed E-state index contributed by atoms with van der Waals surface area (Å²) in [6, 6.07) is 9.18. The Balaban J connectivity index is 0. The summed E-state index contributed by atoms with van der Waals surface area (Å²) in [5.74, 6) is 0. The van der Waals surface area contributed by atoms with Crippen molar-refractivity contribution in [1.82, 2.24) is 5.32 Å². The molecular weight excluding hydrogens is 415 g/mol. The third-order valence-electron chi connectivity index (χ3n) is 2.92. The van der Waals surface area contributed by atoms with E-state index in [0.717, 1.165) is 6.54 Å². The van der Waals surface area contributed by atoms with Crippen molar-refractivity contribution in [2.75, 3.05) is 7.05 Å². The van der Waals surface area contributed by atoms with E-state index in [-0.39, 0.29) is 7.92 Å². The van der Waals surface area contributed by atoms with Crippen LogP contribution in [0.5, 0.6) is 0 Å². The average Bonchev–Trinajstić information content (AvgIpc) is 2.41. The number of rotatable bonds is 3. The molecule has 136 valence electrons.